The average molecular weight is 357 g/mol. The van der Waals surface area contributed by atoms with E-state index < -0.39 is 0 Å². The second-order valence-electron chi connectivity index (χ2n) is 6.12. The number of aromatic nitrogens is 2. The van der Waals surface area contributed by atoms with Gasteiger partial charge in [0.1, 0.15) is 17.1 Å². The van der Waals surface area contributed by atoms with Crippen molar-refractivity contribution >= 4 is 11.6 Å². The standard InChI is InChI=1S/C22H19N3O2/c26-22(23-14-13-17-16-25-15-7-6-12-21(25)24-17)19-10-4-5-11-20(19)27-18-8-2-1-3-9-18/h1-12,15-16H,13-14H2,(H,23,26). The van der Waals surface area contributed by atoms with Crippen LogP contribution in [0.1, 0.15) is 16.1 Å². The smallest absolute Gasteiger partial charge is 0.255 e. The predicted molar refractivity (Wildman–Crippen MR) is 104 cm³/mol. The van der Waals surface area contributed by atoms with Crippen molar-refractivity contribution in [3.05, 3.63) is 96.4 Å². The molecule has 2 aromatic carbocycles. The molecule has 2 heterocycles. The van der Waals surface area contributed by atoms with Gasteiger partial charge < -0.3 is 14.5 Å². The van der Waals surface area contributed by atoms with Gasteiger partial charge >= 0.3 is 0 Å². The van der Waals surface area contributed by atoms with Gasteiger partial charge in [0.25, 0.3) is 5.91 Å². The Morgan fingerprint density at radius 1 is 0.963 bits per heavy atom. The molecule has 5 nitrogen and oxygen atoms in total. The van der Waals surface area contributed by atoms with E-state index >= 15 is 0 Å². The number of fused-ring (bicyclic) bond motifs is 1. The van der Waals surface area contributed by atoms with E-state index in [1.807, 2.05) is 77.5 Å². The third-order valence-electron chi connectivity index (χ3n) is 4.18. The van der Waals surface area contributed by atoms with Crippen LogP contribution in [-0.2, 0) is 6.42 Å². The molecule has 4 rings (SSSR count). The molecule has 0 aliphatic heterocycles. The van der Waals surface area contributed by atoms with Crippen molar-refractivity contribution in [1.82, 2.24) is 14.7 Å². The van der Waals surface area contributed by atoms with Gasteiger partial charge in [-0.1, -0.05) is 36.4 Å². The summed E-state index contributed by atoms with van der Waals surface area (Å²) >= 11 is 0. The number of carbonyl (C=O) groups is 1. The fourth-order valence-electron chi connectivity index (χ4n) is 2.87. The molecule has 0 aliphatic carbocycles. The fourth-order valence-corrected chi connectivity index (χ4v) is 2.87. The maximum atomic E-state index is 12.6. The van der Waals surface area contributed by atoms with Crippen molar-refractivity contribution in [3.8, 4) is 11.5 Å². The van der Waals surface area contributed by atoms with E-state index in [4.69, 9.17) is 4.74 Å². The van der Waals surface area contributed by atoms with Crippen LogP contribution in [0.3, 0.4) is 0 Å². The number of nitrogens with zero attached hydrogens (tertiary/aromatic N) is 2. The van der Waals surface area contributed by atoms with Crippen LogP contribution in [0.5, 0.6) is 11.5 Å². The second-order valence-corrected chi connectivity index (χ2v) is 6.12. The van der Waals surface area contributed by atoms with Crippen LogP contribution >= 0.6 is 0 Å². The molecular formula is C22H19N3O2. The van der Waals surface area contributed by atoms with Crippen LogP contribution in [0.4, 0.5) is 0 Å². The summed E-state index contributed by atoms with van der Waals surface area (Å²) < 4.78 is 7.83. The first-order valence-electron chi connectivity index (χ1n) is 8.82. The number of rotatable bonds is 6. The minimum Gasteiger partial charge on any atom is -0.457 e. The van der Waals surface area contributed by atoms with Crippen LogP contribution in [0, 0.1) is 0 Å². The third-order valence-corrected chi connectivity index (χ3v) is 4.18. The van der Waals surface area contributed by atoms with Gasteiger partial charge in [0.2, 0.25) is 0 Å². The number of hydrogen-bond donors (Lipinski definition) is 1. The second kappa shape index (κ2) is 7.74. The molecule has 0 saturated heterocycles. The van der Waals surface area contributed by atoms with E-state index in [-0.39, 0.29) is 5.91 Å². The lowest BCUT2D eigenvalue weighted by molar-refractivity contribution is 0.0952. The van der Waals surface area contributed by atoms with Crippen LogP contribution in [0.15, 0.2) is 85.2 Å². The Morgan fingerprint density at radius 3 is 2.59 bits per heavy atom. The number of para-hydroxylation sites is 2. The molecule has 0 aliphatic rings. The number of imidazole rings is 1. The Labute approximate surface area is 157 Å². The monoisotopic (exact) mass is 357 g/mol. The van der Waals surface area contributed by atoms with E-state index in [9.17, 15) is 4.79 Å². The van der Waals surface area contributed by atoms with Crippen molar-refractivity contribution in [2.24, 2.45) is 0 Å². The lowest BCUT2D eigenvalue weighted by atomic mass is 10.2. The molecule has 0 radical (unpaired) electrons. The minimum absolute atomic E-state index is 0.162. The molecule has 0 spiro atoms. The zero-order chi connectivity index (χ0) is 18.5. The van der Waals surface area contributed by atoms with Crippen LogP contribution in [0.2, 0.25) is 0 Å². The SMILES string of the molecule is O=C(NCCc1cn2ccccc2n1)c1ccccc1Oc1ccccc1. The highest BCUT2D eigenvalue weighted by Gasteiger charge is 2.12. The number of pyridine rings is 1. The molecule has 1 N–H and O–H groups in total. The van der Waals surface area contributed by atoms with Crippen molar-refractivity contribution in [2.45, 2.75) is 6.42 Å². The number of ether oxygens (including phenoxy) is 1. The number of benzene rings is 2. The zero-order valence-electron chi connectivity index (χ0n) is 14.7. The fraction of sp³-hybridized carbons (Fsp3) is 0.0909. The summed E-state index contributed by atoms with van der Waals surface area (Å²) in [4.78, 5) is 17.1. The number of carbonyl (C=O) groups excluding carboxylic acids is 1. The quantitative estimate of drug-likeness (QED) is 0.565. The summed E-state index contributed by atoms with van der Waals surface area (Å²) in [7, 11) is 0. The Hall–Kier alpha value is -3.60. The zero-order valence-corrected chi connectivity index (χ0v) is 14.7. The van der Waals surface area contributed by atoms with E-state index in [2.05, 4.69) is 10.3 Å². The number of nitrogens with one attached hydrogen (secondary N) is 1. The van der Waals surface area contributed by atoms with Gasteiger partial charge in [0.15, 0.2) is 0 Å². The highest BCUT2D eigenvalue weighted by molar-refractivity contribution is 5.97. The summed E-state index contributed by atoms with van der Waals surface area (Å²) in [6.07, 6.45) is 4.60. The van der Waals surface area contributed by atoms with Gasteiger partial charge in [-0.2, -0.15) is 0 Å². The van der Waals surface area contributed by atoms with Crippen LogP contribution in [-0.4, -0.2) is 21.8 Å². The summed E-state index contributed by atoms with van der Waals surface area (Å²) in [5, 5.41) is 2.95. The molecule has 1 amide bonds. The van der Waals surface area contributed by atoms with Gasteiger partial charge in [0.05, 0.1) is 11.3 Å². The Morgan fingerprint density at radius 2 is 1.74 bits per heavy atom. The molecular weight excluding hydrogens is 338 g/mol. The molecule has 0 saturated carbocycles. The predicted octanol–water partition coefficient (Wildman–Crippen LogP) is 4.10. The third kappa shape index (κ3) is 3.98. The number of amides is 1. The molecule has 27 heavy (non-hydrogen) atoms. The van der Waals surface area contributed by atoms with Gasteiger partial charge in [0, 0.05) is 25.4 Å². The highest BCUT2D eigenvalue weighted by atomic mass is 16.5. The molecule has 5 heteroatoms. The van der Waals surface area contributed by atoms with E-state index in [0.717, 1.165) is 11.3 Å². The molecule has 4 aromatic rings. The van der Waals surface area contributed by atoms with Gasteiger partial charge in [-0.25, -0.2) is 4.98 Å². The molecule has 134 valence electrons. The Kier molecular flexibility index (Phi) is 4.83. The molecule has 0 fully saturated rings. The molecule has 2 aromatic heterocycles. The maximum Gasteiger partial charge on any atom is 0.255 e. The number of hydrogen-bond acceptors (Lipinski definition) is 3. The van der Waals surface area contributed by atoms with Crippen molar-refractivity contribution in [1.29, 1.82) is 0 Å². The highest BCUT2D eigenvalue weighted by Crippen LogP contribution is 2.24. The van der Waals surface area contributed by atoms with Crippen molar-refractivity contribution < 1.29 is 9.53 Å². The topological polar surface area (TPSA) is 55.6 Å². The molecule has 0 bridgehead atoms. The summed E-state index contributed by atoms with van der Waals surface area (Å²) in [5.74, 6) is 1.07. The van der Waals surface area contributed by atoms with E-state index in [1.54, 1.807) is 12.1 Å². The minimum atomic E-state index is -0.162. The van der Waals surface area contributed by atoms with Crippen molar-refractivity contribution in [2.75, 3.05) is 6.54 Å². The first-order valence-corrected chi connectivity index (χ1v) is 8.82. The Bertz CT molecular complexity index is 1020. The summed E-state index contributed by atoms with van der Waals surface area (Å²) in [5.41, 5.74) is 2.35. The molecule has 0 unspecified atom stereocenters. The largest absolute Gasteiger partial charge is 0.457 e. The van der Waals surface area contributed by atoms with Crippen LogP contribution in [0.25, 0.3) is 5.65 Å². The molecule has 0 atom stereocenters. The maximum absolute atomic E-state index is 12.6. The average Bonchev–Trinajstić information content (AvgIpc) is 3.12. The van der Waals surface area contributed by atoms with Gasteiger partial charge in [-0.3, -0.25) is 4.79 Å². The lowest BCUT2D eigenvalue weighted by Gasteiger charge is -2.11. The van der Waals surface area contributed by atoms with E-state index in [0.29, 0.717) is 30.0 Å². The van der Waals surface area contributed by atoms with Gasteiger partial charge in [-0.05, 0) is 36.4 Å². The lowest BCUT2D eigenvalue weighted by Crippen LogP contribution is -2.26. The van der Waals surface area contributed by atoms with Crippen molar-refractivity contribution in [3.63, 3.8) is 0 Å². The first kappa shape index (κ1) is 16.8. The van der Waals surface area contributed by atoms with Gasteiger partial charge in [-0.15, -0.1) is 0 Å². The summed E-state index contributed by atoms with van der Waals surface area (Å²) in [6.45, 7) is 0.502. The van der Waals surface area contributed by atoms with Crippen LogP contribution < -0.4 is 10.1 Å². The van der Waals surface area contributed by atoms with E-state index in [1.165, 1.54) is 0 Å². The Balaban J connectivity index is 1.41. The summed E-state index contributed by atoms with van der Waals surface area (Å²) in [6, 6.07) is 22.5. The first-order chi connectivity index (χ1) is 13.3. The normalized spacial score (nSPS) is 10.7.